The molecule has 2 aromatic carbocycles. The van der Waals surface area contributed by atoms with Crippen LogP contribution in [0.1, 0.15) is 24.8 Å². The Bertz CT molecular complexity index is 1600. The minimum absolute atomic E-state index is 0.315. The summed E-state index contributed by atoms with van der Waals surface area (Å²) in [7, 11) is 1.65. The smallest absolute Gasteiger partial charge is 0.306 e. The van der Waals surface area contributed by atoms with Gasteiger partial charge < -0.3 is 14.4 Å². The number of fused-ring (bicyclic) bond motifs is 2. The number of carbonyl (C=O) groups is 1. The number of carboxylic acid groups (broad SMARTS) is 1. The highest BCUT2D eigenvalue weighted by Gasteiger charge is 2.22. The third-order valence-corrected chi connectivity index (χ3v) is 6.69. The molecule has 0 saturated heterocycles. The van der Waals surface area contributed by atoms with E-state index in [9.17, 15) is 9.90 Å². The number of hydrogen-bond donors (Lipinski definition) is 1. The molecule has 1 aliphatic rings. The molecule has 3 aromatic heterocycles. The third-order valence-electron chi connectivity index (χ3n) is 6.69. The van der Waals surface area contributed by atoms with Gasteiger partial charge in [0.2, 0.25) is 0 Å². The average Bonchev–Trinajstić information content (AvgIpc) is 3.53. The van der Waals surface area contributed by atoms with E-state index in [4.69, 9.17) is 14.3 Å². The first-order valence-electron chi connectivity index (χ1n) is 11.4. The molecular formula is C27H22N4O4. The molecule has 8 nitrogen and oxygen atoms in total. The van der Waals surface area contributed by atoms with Gasteiger partial charge in [-0.15, -0.1) is 0 Å². The van der Waals surface area contributed by atoms with Crippen LogP contribution in [0.5, 0.6) is 5.75 Å². The van der Waals surface area contributed by atoms with Crippen molar-refractivity contribution >= 4 is 33.6 Å². The Morgan fingerprint density at radius 2 is 1.91 bits per heavy atom. The molecule has 5 aromatic rings. The number of pyridine rings is 1. The Kier molecular flexibility index (Phi) is 5.06. The van der Waals surface area contributed by atoms with E-state index in [1.165, 1.54) is 0 Å². The summed E-state index contributed by atoms with van der Waals surface area (Å²) in [5.74, 6) is -0.260. The lowest BCUT2D eigenvalue weighted by Crippen LogP contribution is -2.15. The SMILES string of the molecule is COc1ccc(-n2cc(-c3ccc4nonc4c3)c3cc(C4=CCC(C(=O)O)CC4)cnc32)cc1. The molecule has 0 saturated carbocycles. The van der Waals surface area contributed by atoms with Crippen molar-refractivity contribution in [2.75, 3.05) is 7.11 Å². The Labute approximate surface area is 200 Å². The summed E-state index contributed by atoms with van der Waals surface area (Å²) < 4.78 is 12.3. The summed E-state index contributed by atoms with van der Waals surface area (Å²) in [6.07, 6.45) is 7.89. The molecule has 35 heavy (non-hydrogen) atoms. The van der Waals surface area contributed by atoms with E-state index in [-0.39, 0.29) is 5.92 Å². The van der Waals surface area contributed by atoms with Gasteiger partial charge in [-0.05, 0) is 88.7 Å². The summed E-state index contributed by atoms with van der Waals surface area (Å²) in [5, 5.41) is 18.2. The molecule has 1 aliphatic carbocycles. The summed E-state index contributed by atoms with van der Waals surface area (Å²) in [5.41, 5.74) is 7.32. The molecule has 1 N–H and O–H groups in total. The van der Waals surface area contributed by atoms with E-state index < -0.39 is 5.97 Å². The van der Waals surface area contributed by atoms with Crippen molar-refractivity contribution in [2.45, 2.75) is 19.3 Å². The lowest BCUT2D eigenvalue weighted by molar-refractivity contribution is -0.141. The van der Waals surface area contributed by atoms with E-state index >= 15 is 0 Å². The van der Waals surface area contributed by atoms with E-state index in [1.54, 1.807) is 7.11 Å². The number of aromatic nitrogens is 4. The van der Waals surface area contributed by atoms with Crippen molar-refractivity contribution in [3.8, 4) is 22.6 Å². The van der Waals surface area contributed by atoms with Crippen LogP contribution in [0, 0.1) is 5.92 Å². The molecular weight excluding hydrogens is 444 g/mol. The second-order valence-electron chi connectivity index (χ2n) is 8.71. The monoisotopic (exact) mass is 466 g/mol. The minimum Gasteiger partial charge on any atom is -0.497 e. The molecule has 1 atom stereocenters. The van der Waals surface area contributed by atoms with Crippen LogP contribution in [0.2, 0.25) is 0 Å². The van der Waals surface area contributed by atoms with E-state index in [1.807, 2.05) is 54.7 Å². The largest absolute Gasteiger partial charge is 0.497 e. The molecule has 0 aliphatic heterocycles. The first kappa shape index (κ1) is 21.1. The first-order chi connectivity index (χ1) is 17.1. The number of rotatable bonds is 5. The van der Waals surface area contributed by atoms with Gasteiger partial charge in [0.15, 0.2) is 0 Å². The Balaban J connectivity index is 1.51. The van der Waals surface area contributed by atoms with Crippen LogP contribution >= 0.6 is 0 Å². The Hall–Kier alpha value is -4.46. The predicted molar refractivity (Wildman–Crippen MR) is 131 cm³/mol. The van der Waals surface area contributed by atoms with Crippen LogP contribution in [0.4, 0.5) is 0 Å². The summed E-state index contributed by atoms with van der Waals surface area (Å²) in [4.78, 5) is 16.2. The van der Waals surface area contributed by atoms with Crippen molar-refractivity contribution < 1.29 is 19.3 Å². The number of carboxylic acids is 1. The van der Waals surface area contributed by atoms with Gasteiger partial charge in [0, 0.05) is 29.0 Å². The molecule has 8 heteroatoms. The van der Waals surface area contributed by atoms with E-state index in [2.05, 4.69) is 27.1 Å². The summed E-state index contributed by atoms with van der Waals surface area (Å²) in [6.45, 7) is 0. The molecule has 6 rings (SSSR count). The molecule has 0 radical (unpaired) electrons. The van der Waals surface area contributed by atoms with Crippen molar-refractivity contribution in [3.63, 3.8) is 0 Å². The number of allylic oxidation sites excluding steroid dienone is 2. The fourth-order valence-corrected chi connectivity index (χ4v) is 4.72. The van der Waals surface area contributed by atoms with Gasteiger partial charge in [0.25, 0.3) is 0 Å². The molecule has 0 fully saturated rings. The molecule has 0 spiro atoms. The molecule has 0 amide bonds. The van der Waals surface area contributed by atoms with Gasteiger partial charge in [-0.3, -0.25) is 4.79 Å². The number of methoxy groups -OCH3 is 1. The zero-order valence-electron chi connectivity index (χ0n) is 19.0. The van der Waals surface area contributed by atoms with Gasteiger partial charge in [-0.2, -0.15) is 0 Å². The third kappa shape index (κ3) is 3.73. The lowest BCUT2D eigenvalue weighted by atomic mass is 9.87. The number of benzene rings is 2. The molecule has 3 heterocycles. The summed E-state index contributed by atoms with van der Waals surface area (Å²) in [6, 6.07) is 15.9. The highest BCUT2D eigenvalue weighted by atomic mass is 16.6. The van der Waals surface area contributed by atoms with Crippen LogP contribution < -0.4 is 4.74 Å². The van der Waals surface area contributed by atoms with Gasteiger partial charge >= 0.3 is 5.97 Å². The first-order valence-corrected chi connectivity index (χ1v) is 11.4. The quantitative estimate of drug-likeness (QED) is 0.364. The van der Waals surface area contributed by atoms with Crippen molar-refractivity contribution in [1.82, 2.24) is 19.9 Å². The topological polar surface area (TPSA) is 103 Å². The molecule has 1 unspecified atom stereocenters. The van der Waals surface area contributed by atoms with Crippen molar-refractivity contribution in [2.24, 2.45) is 5.92 Å². The number of nitrogens with zero attached hydrogens (tertiary/aromatic N) is 4. The Morgan fingerprint density at radius 3 is 2.66 bits per heavy atom. The van der Waals surface area contributed by atoms with E-state index in [0.717, 1.165) is 51.2 Å². The number of ether oxygens (including phenoxy) is 1. The maximum Gasteiger partial charge on any atom is 0.306 e. The number of aliphatic carboxylic acids is 1. The van der Waals surface area contributed by atoms with E-state index in [0.29, 0.717) is 23.9 Å². The van der Waals surface area contributed by atoms with Gasteiger partial charge in [0.05, 0.1) is 13.0 Å². The van der Waals surface area contributed by atoms with Crippen LogP contribution in [-0.2, 0) is 4.79 Å². The second-order valence-corrected chi connectivity index (χ2v) is 8.71. The van der Waals surface area contributed by atoms with Crippen LogP contribution in [-0.4, -0.2) is 38.1 Å². The molecule has 174 valence electrons. The molecule has 0 bridgehead atoms. The van der Waals surface area contributed by atoms with Gasteiger partial charge in [-0.25, -0.2) is 9.61 Å². The second kappa shape index (κ2) is 8.39. The van der Waals surface area contributed by atoms with Gasteiger partial charge in [-0.1, -0.05) is 12.1 Å². The minimum atomic E-state index is -0.731. The van der Waals surface area contributed by atoms with Crippen LogP contribution in [0.25, 0.3) is 44.5 Å². The average molecular weight is 466 g/mol. The van der Waals surface area contributed by atoms with Gasteiger partial charge in [0.1, 0.15) is 22.4 Å². The summed E-state index contributed by atoms with van der Waals surface area (Å²) >= 11 is 0. The fraction of sp³-hybridized carbons (Fsp3) is 0.185. The fourth-order valence-electron chi connectivity index (χ4n) is 4.72. The zero-order chi connectivity index (χ0) is 23.9. The zero-order valence-corrected chi connectivity index (χ0v) is 19.0. The predicted octanol–water partition coefficient (Wildman–Crippen LogP) is 5.51. The maximum absolute atomic E-state index is 11.4. The highest BCUT2D eigenvalue weighted by Crippen LogP contribution is 2.37. The Morgan fingerprint density at radius 1 is 1.09 bits per heavy atom. The maximum atomic E-state index is 11.4. The normalized spacial score (nSPS) is 15.9. The standard InChI is InChI=1S/C27H22N4O4/c1-34-21-9-7-20(8-10-21)31-15-23(18-6-11-24-25(13-18)30-35-29-24)22-12-19(14-28-26(22)31)16-2-4-17(5-3-16)27(32)33/h2,6-15,17H,3-5H2,1H3,(H,32,33). The van der Waals surface area contributed by atoms with Crippen LogP contribution in [0.3, 0.4) is 0 Å². The van der Waals surface area contributed by atoms with Crippen molar-refractivity contribution in [3.05, 3.63) is 72.6 Å². The van der Waals surface area contributed by atoms with Crippen molar-refractivity contribution in [1.29, 1.82) is 0 Å². The lowest BCUT2D eigenvalue weighted by Gasteiger charge is -2.18. The van der Waals surface area contributed by atoms with Crippen LogP contribution in [0.15, 0.2) is 71.6 Å². The highest BCUT2D eigenvalue weighted by molar-refractivity contribution is 5.98. The number of hydrogen-bond acceptors (Lipinski definition) is 6.